The number of aromatic amines is 1. The molecule has 2 aromatic rings. The average molecular weight is 411 g/mol. The molecule has 11 heteroatoms. The highest BCUT2D eigenvalue weighted by Crippen LogP contribution is 2.45. The molecule has 1 aliphatic rings. The predicted molar refractivity (Wildman–Crippen MR) is 91.3 cm³/mol. The number of H-pyrrole nitrogens is 1. The Morgan fingerprint density at radius 3 is 2.77 bits per heavy atom. The number of halogens is 4. The normalized spacial score (nSPS) is 17.0. The van der Waals surface area contributed by atoms with Gasteiger partial charge < -0.3 is 9.47 Å². The third-order valence-corrected chi connectivity index (χ3v) is 5.69. The molecule has 0 spiro atoms. The van der Waals surface area contributed by atoms with Crippen LogP contribution in [0.1, 0.15) is 11.6 Å². The molecule has 1 aromatic carbocycles. The van der Waals surface area contributed by atoms with E-state index in [-0.39, 0.29) is 28.2 Å². The smallest absolute Gasteiger partial charge is 0.382 e. The molecule has 1 aromatic heterocycles. The molecule has 0 bridgehead atoms. The molecule has 1 unspecified atom stereocenters. The summed E-state index contributed by atoms with van der Waals surface area (Å²) in [5.41, 5.74) is -2.58. The monoisotopic (exact) mass is 410 g/mol. The number of benzene rings is 1. The fourth-order valence-corrected chi connectivity index (χ4v) is 4.39. The molecule has 0 amide bonds. The van der Waals surface area contributed by atoms with E-state index in [0.717, 1.165) is 11.8 Å². The van der Waals surface area contributed by atoms with Crippen LogP contribution in [0.3, 0.4) is 0 Å². The first-order valence-electron chi connectivity index (χ1n) is 7.53. The first kappa shape index (κ1) is 19.3. The van der Waals surface area contributed by atoms with Gasteiger partial charge in [-0.1, -0.05) is 11.6 Å². The number of methoxy groups -OCH3 is 1. The molecular formula is C15H14ClF3N2O4S. The number of hydrogen-bond acceptors (Lipinski definition) is 5. The van der Waals surface area contributed by atoms with E-state index in [9.17, 15) is 22.8 Å². The van der Waals surface area contributed by atoms with E-state index in [4.69, 9.17) is 21.1 Å². The lowest BCUT2D eigenvalue weighted by Crippen LogP contribution is -2.37. The van der Waals surface area contributed by atoms with Crippen molar-refractivity contribution in [2.75, 3.05) is 32.7 Å². The zero-order valence-corrected chi connectivity index (χ0v) is 15.1. The number of alkyl halides is 3. The van der Waals surface area contributed by atoms with Crippen LogP contribution in [0.5, 0.6) is 0 Å². The van der Waals surface area contributed by atoms with Gasteiger partial charge in [0.15, 0.2) is 0 Å². The van der Waals surface area contributed by atoms with Crippen LogP contribution in [-0.2, 0) is 15.7 Å². The van der Waals surface area contributed by atoms with E-state index in [1.54, 1.807) is 0 Å². The summed E-state index contributed by atoms with van der Waals surface area (Å²) >= 11 is 7.03. The van der Waals surface area contributed by atoms with Crippen molar-refractivity contribution < 1.29 is 22.6 Å². The van der Waals surface area contributed by atoms with Crippen molar-refractivity contribution in [1.82, 2.24) is 9.55 Å². The second kappa shape index (κ2) is 7.26. The minimum atomic E-state index is -4.71. The highest BCUT2D eigenvalue weighted by molar-refractivity contribution is 7.99. The van der Waals surface area contributed by atoms with Crippen molar-refractivity contribution in [2.45, 2.75) is 17.1 Å². The predicted octanol–water partition coefficient (Wildman–Crippen LogP) is 2.67. The average Bonchev–Trinajstić information content (AvgIpc) is 2.56. The zero-order valence-electron chi connectivity index (χ0n) is 13.5. The molecule has 0 saturated carbocycles. The minimum absolute atomic E-state index is 0.0767. The summed E-state index contributed by atoms with van der Waals surface area (Å²) in [5, 5.41) is -0.738. The van der Waals surface area contributed by atoms with Crippen LogP contribution in [0.2, 0.25) is 5.02 Å². The SMILES string of the molecule is COCCOCC1CSc2c(Cl)c(C(F)(F)F)cc3c(=O)[nH]c(=O)n1c23. The first-order valence-corrected chi connectivity index (χ1v) is 8.89. The summed E-state index contributed by atoms with van der Waals surface area (Å²) in [6.45, 7) is 0.822. The zero-order chi connectivity index (χ0) is 19.1. The maximum absolute atomic E-state index is 13.2. The second-order valence-electron chi connectivity index (χ2n) is 5.62. The van der Waals surface area contributed by atoms with Crippen molar-refractivity contribution in [3.8, 4) is 0 Å². The lowest BCUT2D eigenvalue weighted by atomic mass is 10.1. The van der Waals surface area contributed by atoms with Gasteiger partial charge >= 0.3 is 11.9 Å². The van der Waals surface area contributed by atoms with Gasteiger partial charge in [0.1, 0.15) is 0 Å². The fraction of sp³-hybridized carbons (Fsp3) is 0.467. The van der Waals surface area contributed by atoms with Gasteiger partial charge in [-0.05, 0) is 6.07 Å². The minimum Gasteiger partial charge on any atom is -0.382 e. The summed E-state index contributed by atoms with van der Waals surface area (Å²) in [5.74, 6) is 0.280. The largest absolute Gasteiger partial charge is 0.417 e. The highest BCUT2D eigenvalue weighted by atomic mass is 35.5. The highest BCUT2D eigenvalue weighted by Gasteiger charge is 2.37. The quantitative estimate of drug-likeness (QED) is 0.767. The topological polar surface area (TPSA) is 73.3 Å². The van der Waals surface area contributed by atoms with E-state index in [0.29, 0.717) is 19.3 Å². The lowest BCUT2D eigenvalue weighted by molar-refractivity contribution is -0.137. The first-order chi connectivity index (χ1) is 12.3. The summed E-state index contributed by atoms with van der Waals surface area (Å²) in [4.78, 5) is 26.6. The van der Waals surface area contributed by atoms with Gasteiger partial charge in [-0.15, -0.1) is 11.8 Å². The lowest BCUT2D eigenvalue weighted by Gasteiger charge is -2.28. The number of thioether (sulfide) groups is 1. The van der Waals surface area contributed by atoms with Gasteiger partial charge in [-0.2, -0.15) is 13.2 Å². The Labute approximate surface area is 154 Å². The molecule has 0 fully saturated rings. The van der Waals surface area contributed by atoms with E-state index in [2.05, 4.69) is 4.98 Å². The number of nitrogens with zero attached hydrogens (tertiary/aromatic N) is 1. The van der Waals surface area contributed by atoms with Crippen LogP contribution in [0.25, 0.3) is 10.9 Å². The van der Waals surface area contributed by atoms with Crippen molar-refractivity contribution >= 4 is 34.3 Å². The maximum atomic E-state index is 13.2. The molecule has 2 heterocycles. The third kappa shape index (κ3) is 3.38. The number of nitrogens with one attached hydrogen (secondary N) is 1. The number of rotatable bonds is 5. The van der Waals surface area contributed by atoms with Crippen LogP contribution in [0, 0.1) is 0 Å². The van der Waals surface area contributed by atoms with E-state index in [1.807, 2.05) is 0 Å². The molecule has 26 heavy (non-hydrogen) atoms. The van der Waals surface area contributed by atoms with Crippen LogP contribution < -0.4 is 11.2 Å². The fourth-order valence-electron chi connectivity index (χ4n) is 2.79. The summed E-state index contributed by atoms with van der Waals surface area (Å²) in [6, 6.07) is 0.231. The standard InChI is InChI=1S/C15H14ClF3N2O4S/c1-24-2-3-25-5-7-6-26-12-10(16)9(15(17,18)19)4-8-11(12)21(7)14(23)20-13(8)22/h4,7H,2-3,5-6H2,1H3,(H,20,22,23). The molecule has 1 atom stereocenters. The third-order valence-electron chi connectivity index (χ3n) is 3.95. The molecule has 142 valence electrons. The molecule has 6 nitrogen and oxygen atoms in total. The Morgan fingerprint density at radius 2 is 2.12 bits per heavy atom. The number of ether oxygens (including phenoxy) is 2. The Morgan fingerprint density at radius 1 is 1.38 bits per heavy atom. The summed E-state index contributed by atoms with van der Waals surface area (Å²) in [7, 11) is 1.52. The molecule has 0 radical (unpaired) electrons. The van der Waals surface area contributed by atoms with Crippen molar-refractivity contribution in [3.63, 3.8) is 0 Å². The van der Waals surface area contributed by atoms with Crippen LogP contribution >= 0.6 is 23.4 Å². The van der Waals surface area contributed by atoms with Gasteiger partial charge in [-0.25, -0.2) is 4.79 Å². The number of aromatic nitrogens is 2. The Bertz CT molecular complexity index is 957. The van der Waals surface area contributed by atoms with Crippen molar-refractivity contribution in [1.29, 1.82) is 0 Å². The maximum Gasteiger partial charge on any atom is 0.417 e. The van der Waals surface area contributed by atoms with E-state index >= 15 is 0 Å². The Balaban J connectivity index is 2.18. The summed E-state index contributed by atoms with van der Waals surface area (Å²) in [6.07, 6.45) is -4.71. The molecular weight excluding hydrogens is 397 g/mol. The van der Waals surface area contributed by atoms with Gasteiger partial charge in [-0.3, -0.25) is 14.3 Å². The van der Waals surface area contributed by atoms with Crippen molar-refractivity contribution in [2.24, 2.45) is 0 Å². The molecule has 0 saturated heterocycles. The van der Waals surface area contributed by atoms with Gasteiger partial charge in [0.2, 0.25) is 0 Å². The number of hydrogen-bond donors (Lipinski definition) is 1. The molecule has 1 aliphatic heterocycles. The second-order valence-corrected chi connectivity index (χ2v) is 7.03. The van der Waals surface area contributed by atoms with Gasteiger partial charge in [0.05, 0.1) is 52.2 Å². The van der Waals surface area contributed by atoms with Crippen molar-refractivity contribution in [3.05, 3.63) is 37.5 Å². The molecule has 3 rings (SSSR count). The molecule has 0 aliphatic carbocycles. The van der Waals surface area contributed by atoms with E-state index in [1.165, 1.54) is 11.7 Å². The van der Waals surface area contributed by atoms with Gasteiger partial charge in [0, 0.05) is 12.9 Å². The van der Waals surface area contributed by atoms with Gasteiger partial charge in [0.25, 0.3) is 5.56 Å². The Hall–Kier alpha value is -1.49. The van der Waals surface area contributed by atoms with Crippen LogP contribution in [0.15, 0.2) is 20.6 Å². The summed E-state index contributed by atoms with van der Waals surface area (Å²) < 4.78 is 51.3. The Kier molecular flexibility index (Phi) is 5.38. The molecule has 1 N–H and O–H groups in total. The van der Waals surface area contributed by atoms with E-state index < -0.39 is 34.1 Å². The van der Waals surface area contributed by atoms with Crippen LogP contribution in [0.4, 0.5) is 13.2 Å². The van der Waals surface area contributed by atoms with Crippen LogP contribution in [-0.4, -0.2) is 42.2 Å².